The highest BCUT2D eigenvalue weighted by Gasteiger charge is 2.18. The SMILES string of the molecule is CCCCn1c(CN(Cc2ccc3c(c2)OCO3)Cc2ccc3c(ccn3C)c2)cnc1-c1ccccc1. The van der Waals surface area contributed by atoms with Crippen molar-refractivity contribution in [1.29, 1.82) is 0 Å². The Labute approximate surface area is 224 Å². The Morgan fingerprint density at radius 2 is 1.66 bits per heavy atom. The van der Waals surface area contributed by atoms with E-state index in [-0.39, 0.29) is 0 Å². The summed E-state index contributed by atoms with van der Waals surface area (Å²) in [6, 6.07) is 25.8. The average Bonchev–Trinajstić information content (AvgIpc) is 3.66. The second-order valence-corrected chi connectivity index (χ2v) is 10.1. The Hall–Kier alpha value is -4.03. The van der Waals surface area contributed by atoms with Crippen LogP contribution < -0.4 is 9.47 Å². The Morgan fingerprint density at radius 3 is 2.50 bits per heavy atom. The fourth-order valence-corrected chi connectivity index (χ4v) is 5.30. The lowest BCUT2D eigenvalue weighted by molar-refractivity contribution is 0.174. The van der Waals surface area contributed by atoms with Gasteiger partial charge < -0.3 is 18.6 Å². The van der Waals surface area contributed by atoms with Gasteiger partial charge in [-0.2, -0.15) is 0 Å². The van der Waals surface area contributed by atoms with Gasteiger partial charge in [-0.15, -0.1) is 0 Å². The number of aromatic nitrogens is 3. The highest BCUT2D eigenvalue weighted by atomic mass is 16.7. The van der Waals surface area contributed by atoms with Crippen LogP contribution in [0.25, 0.3) is 22.3 Å². The molecule has 6 heteroatoms. The first-order valence-corrected chi connectivity index (χ1v) is 13.4. The number of aryl methyl sites for hydroxylation is 1. The predicted molar refractivity (Wildman–Crippen MR) is 151 cm³/mol. The van der Waals surface area contributed by atoms with Gasteiger partial charge in [-0.3, -0.25) is 4.90 Å². The van der Waals surface area contributed by atoms with Crippen LogP contribution in [0.5, 0.6) is 11.5 Å². The molecule has 0 saturated heterocycles. The van der Waals surface area contributed by atoms with E-state index in [1.54, 1.807) is 0 Å². The zero-order valence-electron chi connectivity index (χ0n) is 22.1. The van der Waals surface area contributed by atoms with Crippen molar-refractivity contribution in [3.63, 3.8) is 0 Å². The molecule has 0 N–H and O–H groups in total. The van der Waals surface area contributed by atoms with Crippen LogP contribution in [0.1, 0.15) is 36.6 Å². The van der Waals surface area contributed by atoms with Crippen LogP contribution in [0.2, 0.25) is 0 Å². The molecule has 1 aliphatic heterocycles. The van der Waals surface area contributed by atoms with E-state index in [1.165, 1.54) is 27.7 Å². The van der Waals surface area contributed by atoms with Crippen molar-refractivity contribution in [3.05, 3.63) is 102 Å². The minimum Gasteiger partial charge on any atom is -0.454 e. The first-order chi connectivity index (χ1) is 18.7. The molecule has 0 fully saturated rings. The van der Waals surface area contributed by atoms with Crippen molar-refractivity contribution in [2.24, 2.45) is 7.05 Å². The quantitative estimate of drug-likeness (QED) is 0.210. The zero-order chi connectivity index (χ0) is 25.9. The monoisotopic (exact) mass is 506 g/mol. The van der Waals surface area contributed by atoms with E-state index in [9.17, 15) is 0 Å². The number of rotatable bonds is 10. The van der Waals surface area contributed by atoms with Crippen LogP contribution in [0.15, 0.2) is 85.2 Å². The van der Waals surface area contributed by atoms with Crippen LogP contribution in [0.3, 0.4) is 0 Å². The maximum absolute atomic E-state index is 5.67. The van der Waals surface area contributed by atoms with Crippen molar-refractivity contribution in [2.75, 3.05) is 6.79 Å². The molecule has 0 unspecified atom stereocenters. The topological polar surface area (TPSA) is 44.5 Å². The Bertz CT molecular complexity index is 1540. The van der Waals surface area contributed by atoms with Gasteiger partial charge in [0.25, 0.3) is 0 Å². The fraction of sp³-hybridized carbons (Fsp3) is 0.281. The molecule has 194 valence electrons. The first kappa shape index (κ1) is 24.3. The summed E-state index contributed by atoms with van der Waals surface area (Å²) >= 11 is 0. The predicted octanol–water partition coefficient (Wildman–Crippen LogP) is 6.77. The number of fused-ring (bicyclic) bond motifs is 2. The van der Waals surface area contributed by atoms with E-state index in [2.05, 4.69) is 107 Å². The van der Waals surface area contributed by atoms with Gasteiger partial charge in [0.2, 0.25) is 6.79 Å². The maximum Gasteiger partial charge on any atom is 0.231 e. The highest BCUT2D eigenvalue weighted by molar-refractivity contribution is 5.80. The summed E-state index contributed by atoms with van der Waals surface area (Å²) in [6.45, 7) is 5.92. The summed E-state index contributed by atoms with van der Waals surface area (Å²) in [4.78, 5) is 7.39. The summed E-state index contributed by atoms with van der Waals surface area (Å²) in [5.41, 5.74) is 6.15. The molecule has 2 aromatic heterocycles. The van der Waals surface area contributed by atoms with Crippen LogP contribution in [0, 0.1) is 0 Å². The number of unbranched alkanes of at least 4 members (excludes halogenated alkanes) is 1. The molecule has 0 aliphatic carbocycles. The van der Waals surface area contributed by atoms with E-state index in [0.717, 1.165) is 61.9 Å². The van der Waals surface area contributed by atoms with Crippen LogP contribution in [0.4, 0.5) is 0 Å². The normalized spacial score (nSPS) is 12.6. The minimum absolute atomic E-state index is 0.290. The van der Waals surface area contributed by atoms with Gasteiger partial charge in [0.1, 0.15) is 5.82 Å². The molecule has 38 heavy (non-hydrogen) atoms. The maximum atomic E-state index is 5.67. The molecular formula is C32H34N4O2. The third-order valence-corrected chi connectivity index (χ3v) is 7.29. The Kier molecular flexibility index (Phi) is 6.88. The van der Waals surface area contributed by atoms with Gasteiger partial charge in [0.05, 0.1) is 11.9 Å². The molecular weight excluding hydrogens is 472 g/mol. The van der Waals surface area contributed by atoms with Gasteiger partial charge in [-0.05, 0) is 53.3 Å². The number of hydrogen-bond donors (Lipinski definition) is 0. The van der Waals surface area contributed by atoms with Gasteiger partial charge in [-0.25, -0.2) is 4.98 Å². The number of ether oxygens (including phenoxy) is 2. The van der Waals surface area contributed by atoms with Gasteiger partial charge in [-0.1, -0.05) is 55.8 Å². The summed E-state index contributed by atoms with van der Waals surface area (Å²) in [5, 5.41) is 1.27. The number of benzene rings is 3. The lowest BCUT2D eigenvalue weighted by atomic mass is 10.1. The van der Waals surface area contributed by atoms with E-state index < -0.39 is 0 Å². The summed E-state index contributed by atoms with van der Waals surface area (Å²) < 4.78 is 15.8. The van der Waals surface area contributed by atoms with E-state index in [4.69, 9.17) is 14.5 Å². The molecule has 1 aliphatic rings. The smallest absolute Gasteiger partial charge is 0.231 e. The van der Waals surface area contributed by atoms with Crippen molar-refractivity contribution < 1.29 is 9.47 Å². The molecule has 3 heterocycles. The van der Waals surface area contributed by atoms with Crippen LogP contribution >= 0.6 is 0 Å². The standard InChI is InChI=1S/C32H34N4O2/c1-3-4-15-36-28(19-33-32(36)26-8-6-5-7-9-26)22-35(21-25-11-13-30-31(18-25)38-23-37-30)20-24-10-12-29-27(17-24)14-16-34(29)2/h5-14,16-19H,3-4,15,20-23H2,1-2H3. The first-order valence-electron chi connectivity index (χ1n) is 13.4. The molecule has 0 atom stereocenters. The van der Waals surface area contributed by atoms with Gasteiger partial charge in [0.15, 0.2) is 11.5 Å². The molecule has 5 aromatic rings. The van der Waals surface area contributed by atoms with Crippen molar-refractivity contribution in [1.82, 2.24) is 19.0 Å². The summed E-state index contributed by atoms with van der Waals surface area (Å²) in [6.07, 6.45) is 6.45. The molecule has 6 nitrogen and oxygen atoms in total. The Balaban J connectivity index is 1.32. The molecule has 6 rings (SSSR count). The van der Waals surface area contributed by atoms with Crippen LogP contribution in [-0.4, -0.2) is 25.8 Å². The van der Waals surface area contributed by atoms with Gasteiger partial charge >= 0.3 is 0 Å². The molecule has 0 amide bonds. The van der Waals surface area contributed by atoms with E-state index >= 15 is 0 Å². The van der Waals surface area contributed by atoms with E-state index in [1.807, 2.05) is 6.07 Å². The highest BCUT2D eigenvalue weighted by Crippen LogP contribution is 2.33. The molecule has 0 spiro atoms. The third kappa shape index (κ3) is 5.04. The number of hydrogen-bond acceptors (Lipinski definition) is 4. The molecule has 0 bridgehead atoms. The van der Waals surface area contributed by atoms with Crippen molar-refractivity contribution in [2.45, 2.75) is 45.9 Å². The minimum atomic E-state index is 0.290. The van der Waals surface area contributed by atoms with Crippen molar-refractivity contribution >= 4 is 10.9 Å². The molecule has 0 radical (unpaired) electrons. The fourth-order valence-electron chi connectivity index (χ4n) is 5.30. The summed E-state index contributed by atoms with van der Waals surface area (Å²) in [7, 11) is 2.09. The van der Waals surface area contributed by atoms with Crippen molar-refractivity contribution in [3.8, 4) is 22.9 Å². The van der Waals surface area contributed by atoms with Gasteiger partial charge in [0, 0.05) is 50.5 Å². The lowest BCUT2D eigenvalue weighted by Crippen LogP contribution is -2.24. The van der Waals surface area contributed by atoms with Crippen LogP contribution in [-0.2, 0) is 33.2 Å². The number of imidazole rings is 1. The number of nitrogens with zero attached hydrogens (tertiary/aromatic N) is 4. The largest absolute Gasteiger partial charge is 0.454 e. The molecule has 3 aromatic carbocycles. The lowest BCUT2D eigenvalue weighted by Gasteiger charge is -2.24. The second kappa shape index (κ2) is 10.8. The summed E-state index contributed by atoms with van der Waals surface area (Å²) in [5.74, 6) is 2.69. The van der Waals surface area contributed by atoms with E-state index in [0.29, 0.717) is 6.79 Å². The zero-order valence-corrected chi connectivity index (χ0v) is 22.1. The average molecular weight is 507 g/mol. The Morgan fingerprint density at radius 1 is 0.868 bits per heavy atom. The second-order valence-electron chi connectivity index (χ2n) is 10.1. The third-order valence-electron chi connectivity index (χ3n) is 7.29. The molecule has 0 saturated carbocycles.